The van der Waals surface area contributed by atoms with Crippen LogP contribution in [0.25, 0.3) is 10.9 Å². The molecule has 9 nitrogen and oxygen atoms in total. The van der Waals surface area contributed by atoms with E-state index in [-0.39, 0.29) is 40.2 Å². The predicted octanol–water partition coefficient (Wildman–Crippen LogP) is 2.33. The summed E-state index contributed by atoms with van der Waals surface area (Å²) in [4.78, 5) is 31.5. The topological polar surface area (TPSA) is 121 Å². The van der Waals surface area contributed by atoms with Crippen LogP contribution in [-0.2, 0) is 19.6 Å². The van der Waals surface area contributed by atoms with Crippen molar-refractivity contribution in [2.75, 3.05) is 37.4 Å². The Morgan fingerprint density at radius 2 is 1.97 bits per heavy atom. The molecule has 2 heterocycles. The van der Waals surface area contributed by atoms with Crippen LogP contribution in [0.1, 0.15) is 0 Å². The second-order valence-electron chi connectivity index (χ2n) is 6.89. The first kappa shape index (κ1) is 22.7. The van der Waals surface area contributed by atoms with Crippen molar-refractivity contribution in [3.05, 3.63) is 57.8 Å². The first-order valence-electron chi connectivity index (χ1n) is 9.64. The number of ether oxygens (including phenoxy) is 1. The molecule has 1 saturated heterocycles. The van der Waals surface area contributed by atoms with Crippen LogP contribution < -0.4 is 10.9 Å². The van der Waals surface area contributed by atoms with Crippen molar-refractivity contribution in [1.82, 2.24) is 14.3 Å². The van der Waals surface area contributed by atoms with Crippen molar-refractivity contribution in [2.24, 2.45) is 0 Å². The molecule has 1 aromatic heterocycles. The van der Waals surface area contributed by atoms with Gasteiger partial charge in [-0.1, -0.05) is 35.5 Å². The number of sulfonamides is 1. The highest BCUT2D eigenvalue weighted by atomic mass is 35.5. The van der Waals surface area contributed by atoms with E-state index in [9.17, 15) is 18.0 Å². The van der Waals surface area contributed by atoms with Crippen molar-refractivity contribution in [3.8, 4) is 0 Å². The van der Waals surface area contributed by atoms with E-state index in [4.69, 9.17) is 16.3 Å². The van der Waals surface area contributed by atoms with E-state index < -0.39 is 10.0 Å². The minimum atomic E-state index is -3.82. The summed E-state index contributed by atoms with van der Waals surface area (Å²) in [5, 5.41) is 3.52. The van der Waals surface area contributed by atoms with E-state index in [1.807, 2.05) is 0 Å². The van der Waals surface area contributed by atoms with Crippen LogP contribution in [-0.4, -0.2) is 60.7 Å². The average Bonchev–Trinajstić information content (AvgIpc) is 2.79. The monoisotopic (exact) mass is 494 g/mol. The number of aromatic nitrogens is 2. The average molecular weight is 495 g/mol. The predicted molar refractivity (Wildman–Crippen MR) is 123 cm³/mol. The zero-order chi connectivity index (χ0) is 22.7. The third kappa shape index (κ3) is 4.97. The maximum Gasteiger partial charge on any atom is 0.259 e. The standard InChI is InChI=1S/C20H19ClN4O5S2/c21-15-6-5-13(11-17(15)32(28,29)25-7-9-30-10-8-25)22-18(26)12-31-20-23-16-4-2-1-3-14(16)19(27)24-20/h1-6,11H,7-10,12H2,(H,22,26)(H,23,24,27). The minimum Gasteiger partial charge on any atom is -0.379 e. The van der Waals surface area contributed by atoms with Gasteiger partial charge in [0.15, 0.2) is 5.16 Å². The van der Waals surface area contributed by atoms with Crippen molar-refractivity contribution in [2.45, 2.75) is 10.1 Å². The molecule has 0 aliphatic carbocycles. The van der Waals surface area contributed by atoms with Gasteiger partial charge in [0.2, 0.25) is 15.9 Å². The van der Waals surface area contributed by atoms with Crippen LogP contribution in [0.4, 0.5) is 5.69 Å². The molecule has 0 saturated carbocycles. The number of amides is 1. The van der Waals surface area contributed by atoms with Gasteiger partial charge < -0.3 is 15.0 Å². The van der Waals surface area contributed by atoms with Crippen LogP contribution >= 0.6 is 23.4 Å². The van der Waals surface area contributed by atoms with Crippen LogP contribution in [0.3, 0.4) is 0 Å². The second-order valence-corrected chi connectivity index (χ2v) is 10.2. The maximum atomic E-state index is 12.9. The fourth-order valence-electron chi connectivity index (χ4n) is 3.17. The lowest BCUT2D eigenvalue weighted by Crippen LogP contribution is -2.40. The summed E-state index contributed by atoms with van der Waals surface area (Å²) in [5.74, 6) is -0.419. The third-order valence-corrected chi connectivity index (χ3v) is 7.99. The van der Waals surface area contributed by atoms with Gasteiger partial charge in [0.1, 0.15) is 4.90 Å². The maximum absolute atomic E-state index is 12.9. The number of fused-ring (bicyclic) bond motifs is 1. The van der Waals surface area contributed by atoms with Gasteiger partial charge in [0.05, 0.1) is 34.9 Å². The number of benzene rings is 2. The lowest BCUT2D eigenvalue weighted by Gasteiger charge is -2.26. The number of carbonyl (C=O) groups excluding carboxylic acids is 1. The number of hydrogen-bond donors (Lipinski definition) is 2. The Bertz CT molecular complexity index is 1320. The van der Waals surface area contributed by atoms with Crippen LogP contribution in [0, 0.1) is 0 Å². The van der Waals surface area contributed by atoms with E-state index in [0.29, 0.717) is 35.0 Å². The Hall–Kier alpha value is -2.44. The number of anilines is 1. The molecule has 0 spiro atoms. The summed E-state index contributed by atoms with van der Waals surface area (Å²) < 4.78 is 32.4. The molecule has 0 unspecified atom stereocenters. The number of para-hydroxylation sites is 1. The largest absolute Gasteiger partial charge is 0.379 e. The van der Waals surface area contributed by atoms with Gasteiger partial charge in [-0.25, -0.2) is 13.4 Å². The van der Waals surface area contributed by atoms with Crippen molar-refractivity contribution < 1.29 is 17.9 Å². The SMILES string of the molecule is O=C(CSc1nc2ccccc2c(=O)[nH]1)Nc1ccc(Cl)c(S(=O)(=O)N2CCOCC2)c1. The van der Waals surface area contributed by atoms with Gasteiger partial charge in [-0.05, 0) is 30.3 Å². The number of halogens is 1. The lowest BCUT2D eigenvalue weighted by molar-refractivity contribution is -0.113. The fourth-order valence-corrected chi connectivity index (χ4v) is 5.75. The van der Waals surface area contributed by atoms with Gasteiger partial charge >= 0.3 is 0 Å². The van der Waals surface area contributed by atoms with Gasteiger partial charge in [-0.3, -0.25) is 9.59 Å². The Kier molecular flexibility index (Phi) is 6.82. The van der Waals surface area contributed by atoms with Crippen LogP contribution in [0.15, 0.2) is 57.3 Å². The zero-order valence-corrected chi connectivity index (χ0v) is 19.1. The minimum absolute atomic E-state index is 0.0323. The fraction of sp³-hybridized carbons (Fsp3) is 0.250. The van der Waals surface area contributed by atoms with E-state index in [2.05, 4.69) is 15.3 Å². The van der Waals surface area contributed by atoms with Crippen LogP contribution in [0.2, 0.25) is 5.02 Å². The molecular formula is C20H19ClN4O5S2. The summed E-state index contributed by atoms with van der Waals surface area (Å²) in [6.07, 6.45) is 0. The molecule has 2 aromatic carbocycles. The molecule has 1 fully saturated rings. The van der Waals surface area contributed by atoms with E-state index >= 15 is 0 Å². The highest BCUT2D eigenvalue weighted by Gasteiger charge is 2.28. The summed E-state index contributed by atoms with van der Waals surface area (Å²) in [6, 6.07) is 11.2. The molecule has 0 atom stereocenters. The van der Waals surface area contributed by atoms with E-state index in [0.717, 1.165) is 11.8 Å². The molecule has 12 heteroatoms. The Morgan fingerprint density at radius 3 is 2.75 bits per heavy atom. The molecule has 32 heavy (non-hydrogen) atoms. The lowest BCUT2D eigenvalue weighted by atomic mass is 10.2. The Balaban J connectivity index is 1.46. The van der Waals surface area contributed by atoms with Gasteiger partial charge in [-0.15, -0.1) is 0 Å². The number of hydrogen-bond acceptors (Lipinski definition) is 7. The number of nitrogens with one attached hydrogen (secondary N) is 2. The third-order valence-electron chi connectivity index (χ3n) is 4.73. The number of carbonyl (C=O) groups is 1. The molecule has 1 aliphatic rings. The van der Waals surface area contributed by atoms with Gasteiger partial charge in [0, 0.05) is 18.8 Å². The zero-order valence-electron chi connectivity index (χ0n) is 16.7. The van der Waals surface area contributed by atoms with Crippen LogP contribution in [0.5, 0.6) is 0 Å². The number of thioether (sulfide) groups is 1. The highest BCUT2D eigenvalue weighted by molar-refractivity contribution is 7.99. The normalized spacial score (nSPS) is 15.0. The number of morpholine rings is 1. The molecule has 0 bridgehead atoms. The molecule has 1 aliphatic heterocycles. The summed E-state index contributed by atoms with van der Waals surface area (Å²) in [5.41, 5.74) is 0.552. The summed E-state index contributed by atoms with van der Waals surface area (Å²) in [7, 11) is -3.82. The molecule has 3 aromatic rings. The quantitative estimate of drug-likeness (QED) is 0.398. The van der Waals surface area contributed by atoms with E-state index in [1.54, 1.807) is 24.3 Å². The van der Waals surface area contributed by atoms with Gasteiger partial charge in [-0.2, -0.15) is 4.31 Å². The van der Waals surface area contributed by atoms with Crippen molar-refractivity contribution in [3.63, 3.8) is 0 Å². The molecule has 1 amide bonds. The highest BCUT2D eigenvalue weighted by Crippen LogP contribution is 2.28. The summed E-state index contributed by atoms with van der Waals surface area (Å²) >= 11 is 7.21. The molecule has 4 rings (SSSR count). The number of rotatable bonds is 6. The first-order chi connectivity index (χ1) is 15.3. The molecular weight excluding hydrogens is 476 g/mol. The van der Waals surface area contributed by atoms with Gasteiger partial charge in [0.25, 0.3) is 5.56 Å². The van der Waals surface area contributed by atoms with Crippen molar-refractivity contribution in [1.29, 1.82) is 0 Å². The van der Waals surface area contributed by atoms with E-state index in [1.165, 1.54) is 22.5 Å². The van der Waals surface area contributed by atoms with Crippen molar-refractivity contribution >= 4 is 55.9 Å². The molecule has 168 valence electrons. The first-order valence-corrected chi connectivity index (χ1v) is 12.4. The Morgan fingerprint density at radius 1 is 1.22 bits per heavy atom. The number of nitrogens with zero attached hydrogens (tertiary/aromatic N) is 2. The Labute approximate surface area is 193 Å². The smallest absolute Gasteiger partial charge is 0.259 e. The second kappa shape index (κ2) is 9.59. The molecule has 0 radical (unpaired) electrons. The summed E-state index contributed by atoms with van der Waals surface area (Å²) in [6.45, 7) is 1.11. The molecule has 2 N–H and O–H groups in total. The number of H-pyrrole nitrogens is 1. The number of aromatic amines is 1.